The van der Waals surface area contributed by atoms with Crippen molar-refractivity contribution in [3.63, 3.8) is 0 Å². The predicted octanol–water partition coefficient (Wildman–Crippen LogP) is 0.335. The smallest absolute Gasteiger partial charge is 0.244 e. The van der Waals surface area contributed by atoms with E-state index >= 15 is 0 Å². The average molecular weight is 281 g/mol. The zero-order valence-electron chi connectivity index (χ0n) is 10.7. The first kappa shape index (κ1) is 13.5. The number of hydrogen-bond donors (Lipinski definition) is 2. The van der Waals surface area contributed by atoms with E-state index in [1.54, 1.807) is 37.1 Å². The van der Waals surface area contributed by atoms with Gasteiger partial charge in [-0.3, -0.25) is 9.67 Å². The molecule has 0 saturated carbocycles. The number of hydrogen-bond acceptors (Lipinski definition) is 5. The van der Waals surface area contributed by atoms with Crippen LogP contribution in [0.5, 0.6) is 0 Å². The Morgan fingerprint density at radius 1 is 1.32 bits per heavy atom. The Morgan fingerprint density at radius 3 is 2.74 bits per heavy atom. The summed E-state index contributed by atoms with van der Waals surface area (Å²) in [4.78, 5) is 3.97. The van der Waals surface area contributed by atoms with E-state index in [1.165, 1.54) is 12.4 Å². The first-order valence-electron chi connectivity index (χ1n) is 5.63. The molecule has 2 rings (SSSR count). The summed E-state index contributed by atoms with van der Waals surface area (Å²) in [6.07, 6.45) is 4.47. The summed E-state index contributed by atoms with van der Waals surface area (Å²) >= 11 is 0. The lowest BCUT2D eigenvalue weighted by Crippen LogP contribution is -2.25. The third kappa shape index (κ3) is 2.91. The van der Waals surface area contributed by atoms with E-state index in [0.29, 0.717) is 5.69 Å². The largest absolute Gasteiger partial charge is 0.387 e. The molecular formula is C11H15N5O2S. The lowest BCUT2D eigenvalue weighted by atomic mass is 10.4. The van der Waals surface area contributed by atoms with Gasteiger partial charge in [-0.15, -0.1) is 0 Å². The molecule has 2 N–H and O–H groups in total. The quantitative estimate of drug-likeness (QED) is 0.824. The molecule has 0 bridgehead atoms. The molecule has 0 aliphatic rings. The zero-order valence-corrected chi connectivity index (χ0v) is 11.5. The number of pyridine rings is 1. The van der Waals surface area contributed by atoms with Gasteiger partial charge in [-0.05, 0) is 12.1 Å². The van der Waals surface area contributed by atoms with Crippen LogP contribution in [0.4, 0.5) is 5.69 Å². The molecule has 19 heavy (non-hydrogen) atoms. The molecule has 0 unspecified atom stereocenters. The molecule has 0 radical (unpaired) electrons. The summed E-state index contributed by atoms with van der Waals surface area (Å²) in [6, 6.07) is 3.36. The van der Waals surface area contributed by atoms with Gasteiger partial charge >= 0.3 is 0 Å². The second-order valence-electron chi connectivity index (χ2n) is 3.89. The van der Waals surface area contributed by atoms with Crippen LogP contribution in [0.25, 0.3) is 0 Å². The Labute approximate surface area is 111 Å². The molecule has 8 heteroatoms. The molecule has 0 saturated heterocycles. The number of aromatic nitrogens is 3. The minimum Gasteiger partial charge on any atom is -0.387 e. The zero-order chi connectivity index (χ0) is 13.9. The molecule has 0 spiro atoms. The van der Waals surface area contributed by atoms with Crippen LogP contribution < -0.4 is 10.0 Å². The fraction of sp³-hybridized carbons (Fsp3) is 0.273. The van der Waals surface area contributed by atoms with Gasteiger partial charge in [0.15, 0.2) is 0 Å². The number of sulfonamides is 1. The van der Waals surface area contributed by atoms with Crippen molar-refractivity contribution >= 4 is 15.7 Å². The van der Waals surface area contributed by atoms with E-state index in [1.807, 2.05) is 0 Å². The molecule has 0 amide bonds. The number of nitrogens with one attached hydrogen (secondary N) is 2. The molecule has 2 aromatic rings. The first-order valence-corrected chi connectivity index (χ1v) is 7.11. The molecule has 2 aromatic heterocycles. The molecule has 0 aliphatic carbocycles. The predicted molar refractivity (Wildman–Crippen MR) is 71.0 cm³/mol. The van der Waals surface area contributed by atoms with Crippen molar-refractivity contribution < 1.29 is 8.42 Å². The molecule has 0 atom stereocenters. The van der Waals surface area contributed by atoms with E-state index in [0.717, 1.165) is 5.69 Å². The van der Waals surface area contributed by atoms with Crippen molar-refractivity contribution in [2.75, 3.05) is 12.4 Å². The number of nitrogens with zero attached hydrogens (tertiary/aromatic N) is 3. The van der Waals surface area contributed by atoms with Gasteiger partial charge in [0.2, 0.25) is 10.0 Å². The van der Waals surface area contributed by atoms with E-state index in [2.05, 4.69) is 20.1 Å². The molecule has 0 fully saturated rings. The van der Waals surface area contributed by atoms with Gasteiger partial charge in [-0.25, -0.2) is 13.1 Å². The van der Waals surface area contributed by atoms with Gasteiger partial charge in [0.25, 0.3) is 0 Å². The molecule has 7 nitrogen and oxygen atoms in total. The van der Waals surface area contributed by atoms with Gasteiger partial charge < -0.3 is 5.32 Å². The molecule has 102 valence electrons. The van der Waals surface area contributed by atoms with Crippen LogP contribution in [0.15, 0.2) is 35.6 Å². The topological polar surface area (TPSA) is 88.9 Å². The highest BCUT2D eigenvalue weighted by molar-refractivity contribution is 7.89. The van der Waals surface area contributed by atoms with Gasteiger partial charge in [0, 0.05) is 32.7 Å². The summed E-state index contributed by atoms with van der Waals surface area (Å²) in [5.41, 5.74) is 1.28. The van der Waals surface area contributed by atoms with E-state index in [4.69, 9.17) is 0 Å². The molecular weight excluding hydrogens is 266 g/mol. The van der Waals surface area contributed by atoms with Gasteiger partial charge in [0.05, 0.1) is 17.9 Å². The van der Waals surface area contributed by atoms with Crippen LogP contribution >= 0.6 is 0 Å². The Morgan fingerprint density at radius 2 is 2.11 bits per heavy atom. The Hall–Kier alpha value is -1.93. The van der Waals surface area contributed by atoms with E-state index in [-0.39, 0.29) is 11.4 Å². The van der Waals surface area contributed by atoms with Crippen LogP contribution in [-0.2, 0) is 23.6 Å². The van der Waals surface area contributed by atoms with Crippen LogP contribution in [0, 0.1) is 0 Å². The summed E-state index contributed by atoms with van der Waals surface area (Å²) in [5.74, 6) is 0. The number of aryl methyl sites for hydroxylation is 1. The maximum absolute atomic E-state index is 12.2. The maximum atomic E-state index is 12.2. The van der Waals surface area contributed by atoms with Crippen molar-refractivity contribution in [2.45, 2.75) is 11.4 Å². The standard InChI is InChI=1S/C11H15N5O2S/c1-12-10-4-5-13-8-11(10)19(17,18)15-7-9-3-6-14-16(9)2/h3-6,8,15H,7H2,1-2H3,(H,12,13). The Balaban J connectivity index is 2.21. The van der Waals surface area contributed by atoms with Gasteiger partial charge in [-0.1, -0.05) is 0 Å². The normalized spacial score (nSPS) is 11.5. The summed E-state index contributed by atoms with van der Waals surface area (Å²) in [6.45, 7) is 0.177. The summed E-state index contributed by atoms with van der Waals surface area (Å²) < 4.78 is 28.5. The van der Waals surface area contributed by atoms with E-state index < -0.39 is 10.0 Å². The fourth-order valence-electron chi connectivity index (χ4n) is 1.62. The highest BCUT2D eigenvalue weighted by atomic mass is 32.2. The molecule has 0 aromatic carbocycles. The summed E-state index contributed by atoms with van der Waals surface area (Å²) in [7, 11) is -0.193. The number of anilines is 1. The second kappa shape index (κ2) is 5.37. The lowest BCUT2D eigenvalue weighted by molar-refractivity contribution is 0.577. The van der Waals surface area contributed by atoms with Crippen molar-refractivity contribution in [3.8, 4) is 0 Å². The molecule has 0 aliphatic heterocycles. The van der Waals surface area contributed by atoms with Gasteiger partial charge in [-0.2, -0.15) is 5.10 Å². The number of rotatable bonds is 5. The van der Waals surface area contributed by atoms with Crippen LogP contribution in [-0.4, -0.2) is 30.2 Å². The maximum Gasteiger partial charge on any atom is 0.244 e. The van der Waals surface area contributed by atoms with Crippen LogP contribution in [0.2, 0.25) is 0 Å². The lowest BCUT2D eigenvalue weighted by Gasteiger charge is -2.10. The SMILES string of the molecule is CNc1ccncc1S(=O)(=O)NCc1ccnn1C. The minimum absolute atomic E-state index is 0.125. The molecule has 2 heterocycles. The van der Waals surface area contributed by atoms with Crippen LogP contribution in [0.1, 0.15) is 5.69 Å². The Bertz CT molecular complexity index is 665. The van der Waals surface area contributed by atoms with Crippen molar-refractivity contribution in [1.29, 1.82) is 0 Å². The Kier molecular flexibility index (Phi) is 3.82. The van der Waals surface area contributed by atoms with Gasteiger partial charge in [0.1, 0.15) is 4.90 Å². The minimum atomic E-state index is -3.61. The third-order valence-corrected chi connectivity index (χ3v) is 4.14. The third-order valence-electron chi connectivity index (χ3n) is 2.71. The second-order valence-corrected chi connectivity index (χ2v) is 5.63. The average Bonchev–Trinajstić information content (AvgIpc) is 2.82. The van der Waals surface area contributed by atoms with Crippen molar-refractivity contribution in [3.05, 3.63) is 36.4 Å². The fourth-order valence-corrected chi connectivity index (χ4v) is 2.77. The first-order chi connectivity index (χ1) is 9.04. The van der Waals surface area contributed by atoms with Crippen molar-refractivity contribution in [1.82, 2.24) is 19.5 Å². The summed E-state index contributed by atoms with van der Waals surface area (Å²) in [5, 5.41) is 6.81. The highest BCUT2D eigenvalue weighted by Gasteiger charge is 2.18. The van der Waals surface area contributed by atoms with Crippen molar-refractivity contribution in [2.24, 2.45) is 7.05 Å². The van der Waals surface area contributed by atoms with E-state index in [9.17, 15) is 8.42 Å². The monoisotopic (exact) mass is 281 g/mol. The highest BCUT2D eigenvalue weighted by Crippen LogP contribution is 2.18. The van der Waals surface area contributed by atoms with Crippen LogP contribution in [0.3, 0.4) is 0 Å².